The van der Waals surface area contributed by atoms with Gasteiger partial charge in [-0.2, -0.15) is 5.26 Å². The number of anilines is 2. The number of carbonyl (C=O) groups excluding carboxylic acids is 2. The van der Waals surface area contributed by atoms with Gasteiger partial charge in [0.2, 0.25) is 0 Å². The molecule has 27 heavy (non-hydrogen) atoms. The lowest BCUT2D eigenvalue weighted by atomic mass is 10.2. The molecule has 0 spiro atoms. The minimum Gasteiger partial charge on any atom is -0.462 e. The number of halogens is 2. The zero-order chi connectivity index (χ0) is 19.8. The fraction of sp³-hybridized carbons (Fsp3) is 0.105. The van der Waals surface area contributed by atoms with Crippen molar-refractivity contribution in [3.63, 3.8) is 0 Å². The molecule has 0 aromatic heterocycles. The third-order valence-electron chi connectivity index (χ3n) is 3.32. The molecular formula is C19H15F2N3O3. The van der Waals surface area contributed by atoms with Crippen molar-refractivity contribution in [3.05, 3.63) is 71.4 Å². The number of ether oxygens (including phenoxy) is 1. The molecule has 0 atom stereocenters. The summed E-state index contributed by atoms with van der Waals surface area (Å²) in [7, 11) is 0. The van der Waals surface area contributed by atoms with Crippen LogP contribution in [0.4, 0.5) is 20.2 Å². The third kappa shape index (κ3) is 5.37. The monoisotopic (exact) mass is 371 g/mol. The Morgan fingerprint density at radius 3 is 2.48 bits per heavy atom. The van der Waals surface area contributed by atoms with Crippen LogP contribution in [0.2, 0.25) is 0 Å². The summed E-state index contributed by atoms with van der Waals surface area (Å²) in [6.45, 7) is 1.93. The molecule has 0 aliphatic carbocycles. The van der Waals surface area contributed by atoms with Crippen LogP contribution < -0.4 is 10.6 Å². The van der Waals surface area contributed by atoms with E-state index in [1.54, 1.807) is 13.0 Å². The molecule has 2 rings (SSSR count). The van der Waals surface area contributed by atoms with Gasteiger partial charge in [0.25, 0.3) is 5.91 Å². The topological polar surface area (TPSA) is 91.2 Å². The molecule has 0 unspecified atom stereocenters. The second-order valence-corrected chi connectivity index (χ2v) is 5.19. The van der Waals surface area contributed by atoms with E-state index in [1.165, 1.54) is 24.3 Å². The van der Waals surface area contributed by atoms with Gasteiger partial charge in [0.1, 0.15) is 23.3 Å². The molecule has 1 amide bonds. The molecule has 0 bridgehead atoms. The highest BCUT2D eigenvalue weighted by atomic mass is 19.1. The van der Waals surface area contributed by atoms with E-state index < -0.39 is 23.5 Å². The van der Waals surface area contributed by atoms with Gasteiger partial charge < -0.3 is 15.4 Å². The Balaban J connectivity index is 2.06. The van der Waals surface area contributed by atoms with Gasteiger partial charge in [-0.15, -0.1) is 0 Å². The normalized spacial score (nSPS) is 10.7. The molecule has 0 aliphatic heterocycles. The second-order valence-electron chi connectivity index (χ2n) is 5.19. The molecule has 6 nitrogen and oxygen atoms in total. The minimum atomic E-state index is -0.862. The zero-order valence-electron chi connectivity index (χ0n) is 14.3. The second kappa shape index (κ2) is 9.10. The van der Waals surface area contributed by atoms with Crippen LogP contribution >= 0.6 is 0 Å². The van der Waals surface area contributed by atoms with E-state index in [9.17, 15) is 18.4 Å². The lowest BCUT2D eigenvalue weighted by Crippen LogP contribution is -2.15. The number of hydrogen-bond acceptors (Lipinski definition) is 5. The number of esters is 1. The average Bonchev–Trinajstić information content (AvgIpc) is 2.64. The smallest absolute Gasteiger partial charge is 0.338 e. The van der Waals surface area contributed by atoms with Crippen molar-refractivity contribution in [1.29, 1.82) is 5.26 Å². The predicted octanol–water partition coefficient (Wildman–Crippen LogP) is 3.60. The Morgan fingerprint density at radius 2 is 1.89 bits per heavy atom. The summed E-state index contributed by atoms with van der Waals surface area (Å²) in [5.74, 6) is -2.83. The lowest BCUT2D eigenvalue weighted by Gasteiger charge is -2.07. The molecule has 0 radical (unpaired) electrons. The fourth-order valence-electron chi connectivity index (χ4n) is 2.01. The van der Waals surface area contributed by atoms with Gasteiger partial charge in [0.05, 0.1) is 17.9 Å². The van der Waals surface area contributed by atoms with E-state index in [0.717, 1.165) is 18.3 Å². The Morgan fingerprint density at radius 1 is 1.19 bits per heavy atom. The standard InChI is InChI=1S/C19H15F2N3O3/c1-2-27-19(26)12-3-6-15(7-4-12)24-18(25)13(10-22)11-23-17-8-5-14(20)9-16(17)21/h3-9,11,23H,2H2,1H3,(H,24,25)/b13-11-. The van der Waals surface area contributed by atoms with Crippen molar-refractivity contribution in [2.75, 3.05) is 17.2 Å². The SMILES string of the molecule is CCOC(=O)c1ccc(NC(=O)/C(C#N)=C\Nc2ccc(F)cc2F)cc1. The molecule has 2 N–H and O–H groups in total. The van der Waals surface area contributed by atoms with E-state index in [1.807, 2.05) is 0 Å². The van der Waals surface area contributed by atoms with Gasteiger partial charge in [-0.25, -0.2) is 13.6 Å². The summed E-state index contributed by atoms with van der Waals surface area (Å²) < 4.78 is 31.3. The summed E-state index contributed by atoms with van der Waals surface area (Å²) >= 11 is 0. The maximum atomic E-state index is 13.6. The van der Waals surface area contributed by atoms with E-state index in [2.05, 4.69) is 10.6 Å². The van der Waals surface area contributed by atoms with E-state index in [-0.39, 0.29) is 17.9 Å². The van der Waals surface area contributed by atoms with Crippen LogP contribution in [0.1, 0.15) is 17.3 Å². The van der Waals surface area contributed by atoms with Crippen molar-refractivity contribution in [2.45, 2.75) is 6.92 Å². The summed E-state index contributed by atoms with van der Waals surface area (Å²) in [6.07, 6.45) is 1.01. The van der Waals surface area contributed by atoms with Crippen molar-refractivity contribution in [2.24, 2.45) is 0 Å². The summed E-state index contributed by atoms with van der Waals surface area (Å²) in [5.41, 5.74) is 0.255. The molecule has 0 fully saturated rings. The third-order valence-corrected chi connectivity index (χ3v) is 3.32. The first-order valence-electron chi connectivity index (χ1n) is 7.85. The quantitative estimate of drug-likeness (QED) is 0.460. The minimum absolute atomic E-state index is 0.0873. The Labute approximate surface area is 154 Å². The molecule has 2 aromatic rings. The van der Waals surface area contributed by atoms with Crippen LogP contribution in [-0.2, 0) is 9.53 Å². The van der Waals surface area contributed by atoms with Crippen molar-refractivity contribution in [1.82, 2.24) is 0 Å². The van der Waals surface area contributed by atoms with Gasteiger partial charge in [0, 0.05) is 18.0 Å². The van der Waals surface area contributed by atoms with Gasteiger partial charge in [-0.05, 0) is 43.3 Å². The Bertz CT molecular complexity index is 919. The maximum absolute atomic E-state index is 13.6. The highest BCUT2D eigenvalue weighted by Gasteiger charge is 2.11. The predicted molar refractivity (Wildman–Crippen MR) is 94.7 cm³/mol. The van der Waals surface area contributed by atoms with Crippen molar-refractivity contribution in [3.8, 4) is 6.07 Å². The summed E-state index contributed by atoms with van der Waals surface area (Å²) in [4.78, 5) is 23.7. The van der Waals surface area contributed by atoms with Gasteiger partial charge in [-0.3, -0.25) is 4.79 Å². The molecule has 0 heterocycles. The first-order chi connectivity index (χ1) is 12.9. The first kappa shape index (κ1) is 19.6. The van der Waals surface area contributed by atoms with E-state index in [0.29, 0.717) is 17.3 Å². The molecule has 8 heteroatoms. The van der Waals surface area contributed by atoms with Gasteiger partial charge >= 0.3 is 5.97 Å². The van der Waals surface area contributed by atoms with E-state index >= 15 is 0 Å². The number of nitriles is 1. The van der Waals surface area contributed by atoms with E-state index in [4.69, 9.17) is 10.00 Å². The van der Waals surface area contributed by atoms with Crippen LogP contribution in [0.5, 0.6) is 0 Å². The number of nitrogens with one attached hydrogen (secondary N) is 2. The average molecular weight is 371 g/mol. The lowest BCUT2D eigenvalue weighted by molar-refractivity contribution is -0.112. The number of hydrogen-bond donors (Lipinski definition) is 2. The molecule has 138 valence electrons. The number of rotatable bonds is 6. The fourth-order valence-corrected chi connectivity index (χ4v) is 2.01. The molecule has 0 saturated carbocycles. The first-order valence-corrected chi connectivity index (χ1v) is 7.85. The highest BCUT2D eigenvalue weighted by Crippen LogP contribution is 2.16. The largest absolute Gasteiger partial charge is 0.462 e. The number of nitrogens with zero attached hydrogens (tertiary/aromatic N) is 1. The summed E-state index contributed by atoms with van der Waals surface area (Å²) in [6, 6.07) is 10.4. The van der Waals surface area contributed by atoms with Crippen LogP contribution in [0.15, 0.2) is 54.2 Å². The number of amides is 1. The number of carbonyl (C=O) groups is 2. The highest BCUT2D eigenvalue weighted by molar-refractivity contribution is 6.06. The molecule has 2 aromatic carbocycles. The molecule has 0 saturated heterocycles. The molecule has 0 aliphatic rings. The van der Waals surface area contributed by atoms with Crippen molar-refractivity contribution >= 4 is 23.3 Å². The van der Waals surface area contributed by atoms with Gasteiger partial charge in [-0.1, -0.05) is 0 Å². The van der Waals surface area contributed by atoms with Crippen LogP contribution in [0, 0.1) is 23.0 Å². The zero-order valence-corrected chi connectivity index (χ0v) is 14.3. The van der Waals surface area contributed by atoms with Crippen LogP contribution in [0.3, 0.4) is 0 Å². The summed E-state index contributed by atoms with van der Waals surface area (Å²) in [5, 5.41) is 14.0. The van der Waals surface area contributed by atoms with Crippen LogP contribution in [-0.4, -0.2) is 18.5 Å². The number of benzene rings is 2. The Hall–Kier alpha value is -3.73. The van der Waals surface area contributed by atoms with Crippen molar-refractivity contribution < 1.29 is 23.1 Å². The maximum Gasteiger partial charge on any atom is 0.338 e. The van der Waals surface area contributed by atoms with Crippen LogP contribution in [0.25, 0.3) is 0 Å². The Kier molecular flexibility index (Phi) is 6.61. The molecular weight excluding hydrogens is 356 g/mol. The van der Waals surface area contributed by atoms with Gasteiger partial charge in [0.15, 0.2) is 0 Å².